The molecule has 14 heavy (non-hydrogen) atoms. The predicted molar refractivity (Wildman–Crippen MR) is 57.7 cm³/mol. The van der Waals surface area contributed by atoms with E-state index in [0.29, 0.717) is 17.8 Å². The third-order valence-electron chi connectivity index (χ3n) is 4.43. The largest absolute Gasteiger partial charge is 0.212 e. The molecule has 2 aliphatic rings. The highest BCUT2D eigenvalue weighted by Gasteiger charge is 2.46. The molecule has 2 rings (SSSR count). The first-order valence-electron chi connectivity index (χ1n) is 5.81. The summed E-state index contributed by atoms with van der Waals surface area (Å²) in [5.41, 5.74) is 0.550. The van der Waals surface area contributed by atoms with E-state index >= 15 is 0 Å². The summed E-state index contributed by atoms with van der Waals surface area (Å²) in [4.78, 5) is 0. The zero-order chi connectivity index (χ0) is 10.4. The maximum Gasteiger partial charge on any atom is 0.0965 e. The lowest BCUT2D eigenvalue weighted by Gasteiger charge is -2.51. The van der Waals surface area contributed by atoms with E-state index in [9.17, 15) is 4.39 Å². The van der Waals surface area contributed by atoms with Crippen LogP contribution < -0.4 is 0 Å². The van der Waals surface area contributed by atoms with Gasteiger partial charge in [-0.05, 0) is 48.5 Å². The lowest BCUT2D eigenvalue weighted by atomic mass is 9.53. The van der Waals surface area contributed by atoms with Crippen molar-refractivity contribution in [2.75, 3.05) is 0 Å². The summed E-state index contributed by atoms with van der Waals surface area (Å²) >= 11 is 0. The van der Waals surface area contributed by atoms with Gasteiger partial charge >= 0.3 is 0 Å². The molecule has 1 saturated carbocycles. The van der Waals surface area contributed by atoms with Gasteiger partial charge in [0.1, 0.15) is 0 Å². The normalized spacial score (nSPS) is 41.4. The molecule has 2 atom stereocenters. The Morgan fingerprint density at radius 2 is 2.00 bits per heavy atom. The van der Waals surface area contributed by atoms with Gasteiger partial charge in [-0.15, -0.1) is 0 Å². The molecule has 0 bridgehead atoms. The van der Waals surface area contributed by atoms with Crippen LogP contribution in [-0.4, -0.2) is 0 Å². The van der Waals surface area contributed by atoms with E-state index in [-0.39, 0.29) is 11.2 Å². The second-order valence-electron chi connectivity index (χ2n) is 6.03. The highest BCUT2D eigenvalue weighted by molar-refractivity contribution is 5.13. The summed E-state index contributed by atoms with van der Waals surface area (Å²) in [6.07, 6.45) is 7.37. The number of rotatable bonds is 0. The van der Waals surface area contributed by atoms with Crippen LogP contribution in [0.1, 0.15) is 52.9 Å². The summed E-state index contributed by atoms with van der Waals surface area (Å²) in [6, 6.07) is 0. The second-order valence-corrected chi connectivity index (χ2v) is 6.03. The van der Waals surface area contributed by atoms with Gasteiger partial charge < -0.3 is 0 Å². The van der Waals surface area contributed by atoms with Gasteiger partial charge in [-0.1, -0.05) is 27.2 Å². The van der Waals surface area contributed by atoms with Crippen LogP contribution >= 0.6 is 0 Å². The van der Waals surface area contributed by atoms with E-state index in [1.165, 1.54) is 19.3 Å². The number of hydrogen-bond donors (Lipinski definition) is 0. The maximum absolute atomic E-state index is 13.3. The van der Waals surface area contributed by atoms with Crippen LogP contribution in [0, 0.1) is 16.7 Å². The third-order valence-corrected chi connectivity index (χ3v) is 4.43. The number of fused-ring (bicyclic) bond motifs is 1. The summed E-state index contributed by atoms with van der Waals surface area (Å²) < 4.78 is 13.3. The molecule has 0 aromatic rings. The van der Waals surface area contributed by atoms with Crippen molar-refractivity contribution < 1.29 is 4.39 Å². The van der Waals surface area contributed by atoms with Crippen LogP contribution in [0.4, 0.5) is 4.39 Å². The average Bonchev–Trinajstić information content (AvgIpc) is 2.00. The summed E-state index contributed by atoms with van der Waals surface area (Å²) in [7, 11) is 0. The van der Waals surface area contributed by atoms with Crippen molar-refractivity contribution in [3.05, 3.63) is 11.9 Å². The standard InChI is InChI=1S/C13H21F/c1-12(2)7-4-8-13(3)9-10(14)5-6-11(12)13/h9,11H,4-8H2,1-3H3/t11-,13+/m0/s1. The third kappa shape index (κ3) is 1.51. The van der Waals surface area contributed by atoms with Crippen molar-refractivity contribution in [1.29, 1.82) is 0 Å². The van der Waals surface area contributed by atoms with Crippen LogP contribution in [0.2, 0.25) is 0 Å². The van der Waals surface area contributed by atoms with E-state index in [4.69, 9.17) is 0 Å². The molecule has 1 fully saturated rings. The molecule has 0 nitrogen and oxygen atoms in total. The monoisotopic (exact) mass is 196 g/mol. The second kappa shape index (κ2) is 3.08. The molecule has 0 radical (unpaired) electrons. The van der Waals surface area contributed by atoms with Gasteiger partial charge in [-0.25, -0.2) is 4.39 Å². The first-order valence-corrected chi connectivity index (χ1v) is 5.81. The van der Waals surface area contributed by atoms with E-state index in [0.717, 1.165) is 6.42 Å². The van der Waals surface area contributed by atoms with Gasteiger partial charge in [-0.2, -0.15) is 0 Å². The quantitative estimate of drug-likeness (QED) is 0.536. The van der Waals surface area contributed by atoms with Gasteiger partial charge in [0.05, 0.1) is 5.83 Å². The molecule has 0 saturated heterocycles. The topological polar surface area (TPSA) is 0 Å². The van der Waals surface area contributed by atoms with Gasteiger partial charge in [0, 0.05) is 0 Å². The SMILES string of the molecule is CC1(C)CCC[C@]2(C)C=C(F)CC[C@@H]12. The molecule has 0 heterocycles. The Labute approximate surface area is 86.6 Å². The summed E-state index contributed by atoms with van der Waals surface area (Å²) in [6.45, 7) is 6.95. The summed E-state index contributed by atoms with van der Waals surface area (Å²) in [5, 5.41) is 0. The van der Waals surface area contributed by atoms with Crippen LogP contribution in [0.25, 0.3) is 0 Å². The van der Waals surface area contributed by atoms with Gasteiger partial charge in [0.2, 0.25) is 0 Å². The van der Waals surface area contributed by atoms with Crippen molar-refractivity contribution in [3.63, 3.8) is 0 Å². The summed E-state index contributed by atoms with van der Waals surface area (Å²) in [5.74, 6) is 0.810. The number of hydrogen-bond acceptors (Lipinski definition) is 0. The van der Waals surface area contributed by atoms with Crippen molar-refractivity contribution in [3.8, 4) is 0 Å². The van der Waals surface area contributed by atoms with E-state index in [2.05, 4.69) is 20.8 Å². The first-order chi connectivity index (χ1) is 6.44. The van der Waals surface area contributed by atoms with Crippen LogP contribution in [0.15, 0.2) is 11.9 Å². The zero-order valence-electron chi connectivity index (χ0n) is 9.57. The Morgan fingerprint density at radius 1 is 1.29 bits per heavy atom. The Kier molecular flexibility index (Phi) is 2.24. The molecule has 0 aromatic heterocycles. The molecule has 0 amide bonds. The Hall–Kier alpha value is -0.330. The Morgan fingerprint density at radius 3 is 2.71 bits per heavy atom. The minimum Gasteiger partial charge on any atom is -0.212 e. The maximum atomic E-state index is 13.3. The molecule has 2 aliphatic carbocycles. The van der Waals surface area contributed by atoms with Crippen LogP contribution in [-0.2, 0) is 0 Å². The van der Waals surface area contributed by atoms with Gasteiger partial charge in [0.15, 0.2) is 0 Å². The van der Waals surface area contributed by atoms with Crippen LogP contribution in [0.5, 0.6) is 0 Å². The highest BCUT2D eigenvalue weighted by atomic mass is 19.1. The lowest BCUT2D eigenvalue weighted by Crippen LogP contribution is -2.42. The molecule has 0 N–H and O–H groups in total. The molecule has 0 aromatic carbocycles. The minimum atomic E-state index is 0.126. The van der Waals surface area contributed by atoms with Crippen molar-refractivity contribution in [2.24, 2.45) is 16.7 Å². The fraction of sp³-hybridized carbons (Fsp3) is 0.846. The minimum absolute atomic E-state index is 0.126. The molecular formula is C13H21F. The smallest absolute Gasteiger partial charge is 0.0965 e. The zero-order valence-corrected chi connectivity index (χ0v) is 9.57. The highest BCUT2D eigenvalue weighted by Crippen LogP contribution is 2.56. The fourth-order valence-electron chi connectivity index (χ4n) is 3.77. The number of allylic oxidation sites excluding steroid dienone is 2. The molecule has 80 valence electrons. The molecule has 0 spiro atoms. The van der Waals surface area contributed by atoms with Crippen LogP contribution in [0.3, 0.4) is 0 Å². The Balaban J connectivity index is 2.33. The molecule has 0 unspecified atom stereocenters. The predicted octanol–water partition coefficient (Wildman–Crippen LogP) is 4.47. The van der Waals surface area contributed by atoms with Crippen molar-refractivity contribution >= 4 is 0 Å². The Bertz CT molecular complexity index is 264. The van der Waals surface area contributed by atoms with Crippen molar-refractivity contribution in [1.82, 2.24) is 0 Å². The van der Waals surface area contributed by atoms with E-state index in [1.807, 2.05) is 6.08 Å². The van der Waals surface area contributed by atoms with E-state index in [1.54, 1.807) is 0 Å². The fourth-order valence-corrected chi connectivity index (χ4v) is 3.77. The first kappa shape index (κ1) is 10.2. The molecular weight excluding hydrogens is 175 g/mol. The molecule has 1 heteroatoms. The molecule has 0 aliphatic heterocycles. The van der Waals surface area contributed by atoms with Crippen molar-refractivity contribution in [2.45, 2.75) is 52.9 Å². The van der Waals surface area contributed by atoms with Gasteiger partial charge in [-0.3, -0.25) is 0 Å². The average molecular weight is 196 g/mol. The lowest BCUT2D eigenvalue weighted by molar-refractivity contribution is 0.0183. The van der Waals surface area contributed by atoms with Gasteiger partial charge in [0.25, 0.3) is 0 Å². The number of halogens is 1. The van der Waals surface area contributed by atoms with E-state index < -0.39 is 0 Å².